The zero-order valence-corrected chi connectivity index (χ0v) is 24.1. The van der Waals surface area contributed by atoms with E-state index in [-0.39, 0.29) is 49.4 Å². The van der Waals surface area contributed by atoms with Crippen LogP contribution in [0.5, 0.6) is 0 Å². The third kappa shape index (κ3) is 5.05. The molecule has 0 radical (unpaired) electrons. The van der Waals surface area contributed by atoms with Crippen molar-refractivity contribution in [3.8, 4) is 0 Å². The van der Waals surface area contributed by atoms with Crippen LogP contribution in [-0.2, 0) is 35.0 Å². The number of aliphatic hydroxyl groups is 1. The average Bonchev–Trinajstić information content (AvgIpc) is 3.23. The summed E-state index contributed by atoms with van der Waals surface area (Å²) < 4.78 is 16.7. The van der Waals surface area contributed by atoms with Crippen molar-refractivity contribution < 1.29 is 38.5 Å². The first kappa shape index (κ1) is 29.2. The summed E-state index contributed by atoms with van der Waals surface area (Å²) in [5.74, 6) is -1.18. The van der Waals surface area contributed by atoms with E-state index < -0.39 is 47.0 Å². The van der Waals surface area contributed by atoms with Gasteiger partial charge >= 0.3 is 12.1 Å². The van der Waals surface area contributed by atoms with E-state index in [2.05, 4.69) is 6.92 Å². The summed E-state index contributed by atoms with van der Waals surface area (Å²) in [6.45, 7) is 5.50. The number of carbonyl (C=O) groups excluding carboxylic acids is 4. The second-order valence-corrected chi connectivity index (χ2v) is 12.5. The molecule has 7 atom stereocenters. The van der Waals surface area contributed by atoms with Crippen LogP contribution in [0.2, 0.25) is 0 Å². The van der Waals surface area contributed by atoms with Crippen molar-refractivity contribution in [2.75, 3.05) is 13.2 Å². The predicted molar refractivity (Wildman–Crippen MR) is 150 cm³/mol. The molecule has 1 aromatic rings. The molecule has 0 saturated heterocycles. The monoisotopic (exact) mass is 564 g/mol. The van der Waals surface area contributed by atoms with E-state index in [1.807, 2.05) is 50.3 Å². The standard InChI is InChI=1S/C33H40O8/c1-4-16-39-30(38)41-33(27(36)20-40-28(37)17-21-8-6-5-7-9-21)15-13-25-24-11-10-22-18-23(34)12-14-31(22,2)29(24)26(35)19-32(25,33)3/h5-9,12,14,18,24-26,29,35H,4,10-11,13,15-17,19-20H2,1-3H3/t24-,25-,26?,29+,31-,32-,33-/m0/s1. The predicted octanol–water partition coefficient (Wildman–Crippen LogP) is 4.92. The molecule has 8 heteroatoms. The molecular formula is C33H40O8. The van der Waals surface area contributed by atoms with E-state index >= 15 is 0 Å². The van der Waals surface area contributed by atoms with Gasteiger partial charge in [0.1, 0.15) is 0 Å². The van der Waals surface area contributed by atoms with Crippen LogP contribution < -0.4 is 0 Å². The Bertz CT molecular complexity index is 1270. The highest BCUT2D eigenvalue weighted by Crippen LogP contribution is 2.68. The van der Waals surface area contributed by atoms with Crippen molar-refractivity contribution in [1.29, 1.82) is 0 Å². The third-order valence-corrected chi connectivity index (χ3v) is 10.3. The molecule has 1 N–H and O–H groups in total. The van der Waals surface area contributed by atoms with Gasteiger partial charge in [-0.3, -0.25) is 14.4 Å². The molecule has 5 rings (SSSR count). The number of allylic oxidation sites excluding steroid dienone is 4. The fraction of sp³-hybridized carbons (Fsp3) is 0.576. The maximum Gasteiger partial charge on any atom is 0.509 e. The highest BCUT2D eigenvalue weighted by Gasteiger charge is 2.70. The number of hydrogen-bond donors (Lipinski definition) is 1. The maximum absolute atomic E-state index is 14.0. The van der Waals surface area contributed by atoms with Gasteiger partial charge in [0.25, 0.3) is 0 Å². The van der Waals surface area contributed by atoms with Gasteiger partial charge in [0, 0.05) is 16.7 Å². The molecule has 4 aliphatic rings. The van der Waals surface area contributed by atoms with Crippen molar-refractivity contribution in [3.05, 3.63) is 59.7 Å². The highest BCUT2D eigenvalue weighted by molar-refractivity contribution is 6.01. The van der Waals surface area contributed by atoms with Crippen LogP contribution in [0.25, 0.3) is 0 Å². The molecule has 0 amide bonds. The van der Waals surface area contributed by atoms with Crippen molar-refractivity contribution in [3.63, 3.8) is 0 Å². The average molecular weight is 565 g/mol. The van der Waals surface area contributed by atoms with Gasteiger partial charge in [0.2, 0.25) is 5.78 Å². The van der Waals surface area contributed by atoms with E-state index in [0.717, 1.165) is 24.0 Å². The third-order valence-electron chi connectivity index (χ3n) is 10.3. The van der Waals surface area contributed by atoms with Gasteiger partial charge in [0.05, 0.1) is 19.1 Å². The molecule has 220 valence electrons. The maximum atomic E-state index is 14.0. The number of aliphatic hydroxyl groups excluding tert-OH is 1. The fourth-order valence-corrected chi connectivity index (χ4v) is 8.43. The van der Waals surface area contributed by atoms with Gasteiger partial charge in [-0.25, -0.2) is 4.79 Å². The molecule has 0 bridgehead atoms. The highest BCUT2D eigenvalue weighted by atomic mass is 16.7. The largest absolute Gasteiger partial charge is 0.509 e. The molecule has 1 aromatic carbocycles. The van der Waals surface area contributed by atoms with E-state index in [4.69, 9.17) is 14.2 Å². The van der Waals surface area contributed by atoms with Crippen molar-refractivity contribution in [2.45, 2.75) is 77.4 Å². The van der Waals surface area contributed by atoms with E-state index in [1.54, 1.807) is 12.2 Å². The van der Waals surface area contributed by atoms with Crippen LogP contribution in [0.15, 0.2) is 54.1 Å². The first-order valence-electron chi connectivity index (χ1n) is 14.7. The molecule has 1 unspecified atom stereocenters. The summed E-state index contributed by atoms with van der Waals surface area (Å²) in [6.07, 6.45) is 6.72. The molecule has 0 aliphatic heterocycles. The molecule has 0 aromatic heterocycles. The van der Waals surface area contributed by atoms with E-state index in [9.17, 15) is 24.3 Å². The normalized spacial score (nSPS) is 35.4. The summed E-state index contributed by atoms with van der Waals surface area (Å²) in [4.78, 5) is 51.7. The molecule has 3 fully saturated rings. The Morgan fingerprint density at radius 2 is 1.83 bits per heavy atom. The Hall–Kier alpha value is -3.26. The lowest BCUT2D eigenvalue weighted by Gasteiger charge is -2.59. The lowest BCUT2D eigenvalue weighted by atomic mass is 9.46. The number of carbonyl (C=O) groups is 4. The van der Waals surface area contributed by atoms with Crippen LogP contribution in [0.1, 0.15) is 64.9 Å². The zero-order chi connectivity index (χ0) is 29.4. The number of esters is 1. The molecule has 0 spiro atoms. The zero-order valence-electron chi connectivity index (χ0n) is 24.1. The Morgan fingerprint density at radius 3 is 2.56 bits per heavy atom. The van der Waals surface area contributed by atoms with E-state index in [0.29, 0.717) is 12.8 Å². The first-order chi connectivity index (χ1) is 19.5. The van der Waals surface area contributed by atoms with Crippen molar-refractivity contribution in [1.82, 2.24) is 0 Å². The molecule has 4 aliphatic carbocycles. The molecule has 0 heterocycles. The second kappa shape index (κ2) is 11.2. The summed E-state index contributed by atoms with van der Waals surface area (Å²) >= 11 is 0. The Morgan fingerprint density at radius 1 is 1.07 bits per heavy atom. The molecular weight excluding hydrogens is 524 g/mol. The van der Waals surface area contributed by atoms with Crippen molar-refractivity contribution in [2.24, 2.45) is 28.6 Å². The van der Waals surface area contributed by atoms with Crippen LogP contribution in [-0.4, -0.2) is 53.7 Å². The lowest BCUT2D eigenvalue weighted by Crippen LogP contribution is -2.63. The van der Waals surface area contributed by atoms with Gasteiger partial charge in [-0.1, -0.05) is 62.8 Å². The molecule has 8 nitrogen and oxygen atoms in total. The van der Waals surface area contributed by atoms with Gasteiger partial charge in [-0.05, 0) is 68.1 Å². The second-order valence-electron chi connectivity index (χ2n) is 12.5. The summed E-state index contributed by atoms with van der Waals surface area (Å²) in [5.41, 5.74) is -1.14. The quantitative estimate of drug-likeness (QED) is 0.442. The molecule has 41 heavy (non-hydrogen) atoms. The minimum absolute atomic E-state index is 0.0212. The minimum Gasteiger partial charge on any atom is -0.457 e. The summed E-state index contributed by atoms with van der Waals surface area (Å²) in [6, 6.07) is 9.12. The van der Waals surface area contributed by atoms with Crippen LogP contribution >= 0.6 is 0 Å². The van der Waals surface area contributed by atoms with Gasteiger partial charge < -0.3 is 19.3 Å². The van der Waals surface area contributed by atoms with Crippen LogP contribution in [0.3, 0.4) is 0 Å². The number of ketones is 2. The Kier molecular flexibility index (Phi) is 7.99. The van der Waals surface area contributed by atoms with Gasteiger partial charge in [0.15, 0.2) is 18.0 Å². The topological polar surface area (TPSA) is 116 Å². The molecule has 3 saturated carbocycles. The number of fused-ring (bicyclic) bond motifs is 5. The minimum atomic E-state index is -1.60. The van der Waals surface area contributed by atoms with Gasteiger partial charge in [-0.2, -0.15) is 0 Å². The number of ether oxygens (including phenoxy) is 3. The summed E-state index contributed by atoms with van der Waals surface area (Å²) in [7, 11) is 0. The first-order valence-corrected chi connectivity index (χ1v) is 14.7. The smallest absolute Gasteiger partial charge is 0.457 e. The SMILES string of the molecule is CCCOC(=O)O[C@]1(C(=O)COC(=O)Cc2ccccc2)CC[C@H]2[C@@H]3CCC4=CC(=O)C=C[C@]4(C)[C@H]3C(O)C[C@@]21C. The fourth-order valence-electron chi connectivity index (χ4n) is 8.43. The lowest BCUT2D eigenvalue weighted by molar-refractivity contribution is -0.185. The van der Waals surface area contributed by atoms with Crippen molar-refractivity contribution >= 4 is 23.7 Å². The Labute approximate surface area is 241 Å². The summed E-state index contributed by atoms with van der Waals surface area (Å²) in [5, 5.41) is 11.7. The van der Waals surface area contributed by atoms with Crippen LogP contribution in [0, 0.1) is 28.6 Å². The number of benzene rings is 1. The number of rotatable bonds is 8. The number of hydrogen-bond acceptors (Lipinski definition) is 8. The number of Topliss-reactive ketones (excluding diaryl/α,β-unsaturated/α-hetero) is 1. The van der Waals surface area contributed by atoms with Crippen LogP contribution in [0.4, 0.5) is 4.79 Å². The van der Waals surface area contributed by atoms with E-state index in [1.165, 1.54) is 0 Å². The van der Waals surface area contributed by atoms with Gasteiger partial charge in [-0.15, -0.1) is 0 Å². The Balaban J connectivity index is 1.42.